The van der Waals surface area contributed by atoms with Crippen molar-refractivity contribution in [3.05, 3.63) is 17.5 Å². The van der Waals surface area contributed by atoms with Crippen LogP contribution < -0.4 is 0 Å². The summed E-state index contributed by atoms with van der Waals surface area (Å²) in [6.45, 7) is 6.31. The van der Waals surface area contributed by atoms with E-state index in [0.29, 0.717) is 51.3 Å². The predicted octanol–water partition coefficient (Wildman–Crippen LogP) is 0.988. The van der Waals surface area contributed by atoms with Crippen molar-refractivity contribution in [3.63, 3.8) is 0 Å². The van der Waals surface area contributed by atoms with Gasteiger partial charge >= 0.3 is 6.09 Å². The minimum Gasteiger partial charge on any atom is -0.441 e. The van der Waals surface area contributed by atoms with Gasteiger partial charge in [0.1, 0.15) is 5.60 Å². The molecule has 9 nitrogen and oxygen atoms in total. The van der Waals surface area contributed by atoms with Crippen molar-refractivity contribution < 1.29 is 23.6 Å². The fraction of sp³-hybridized carbons (Fsp3) is 0.722. The fourth-order valence-corrected chi connectivity index (χ4v) is 3.51. The molecule has 0 unspecified atom stereocenters. The first kappa shape index (κ1) is 19.6. The van der Waals surface area contributed by atoms with Crippen molar-refractivity contribution in [2.24, 2.45) is 0 Å². The van der Waals surface area contributed by atoms with E-state index in [4.69, 9.17) is 14.0 Å². The third kappa shape index (κ3) is 4.59. The first-order valence-electron chi connectivity index (χ1n) is 9.30. The van der Waals surface area contributed by atoms with Crippen LogP contribution in [0.1, 0.15) is 29.1 Å². The number of carbonyl (C=O) groups excluding carboxylic acids is 2. The highest BCUT2D eigenvalue weighted by molar-refractivity contribution is 5.91. The van der Waals surface area contributed by atoms with E-state index in [9.17, 15) is 9.59 Å². The van der Waals surface area contributed by atoms with Crippen LogP contribution in [0, 0.1) is 6.92 Å². The molecule has 2 aliphatic rings. The molecule has 0 aliphatic carbocycles. The molecular formula is C18H28N4O5. The molecule has 1 aromatic heterocycles. The molecule has 1 aromatic rings. The summed E-state index contributed by atoms with van der Waals surface area (Å²) in [5, 5.41) is 3.77. The molecule has 2 amide bonds. The number of piperidine rings is 1. The highest BCUT2D eigenvalue weighted by Crippen LogP contribution is 2.33. The number of methoxy groups -OCH3 is 1. The van der Waals surface area contributed by atoms with Gasteiger partial charge in [-0.2, -0.15) is 0 Å². The number of hydrogen-bond acceptors (Lipinski definition) is 7. The molecule has 0 saturated carbocycles. The van der Waals surface area contributed by atoms with E-state index in [1.807, 2.05) is 7.05 Å². The lowest BCUT2D eigenvalue weighted by Crippen LogP contribution is -2.49. The fourth-order valence-electron chi connectivity index (χ4n) is 3.51. The van der Waals surface area contributed by atoms with Gasteiger partial charge in [0.05, 0.1) is 18.8 Å². The van der Waals surface area contributed by atoms with E-state index >= 15 is 0 Å². The summed E-state index contributed by atoms with van der Waals surface area (Å²) in [5.74, 6) is 0.0963. The van der Waals surface area contributed by atoms with Crippen LogP contribution in [-0.2, 0) is 9.47 Å². The predicted molar refractivity (Wildman–Crippen MR) is 96.5 cm³/mol. The molecule has 0 N–H and O–H groups in total. The third-order valence-corrected chi connectivity index (χ3v) is 5.27. The smallest absolute Gasteiger partial charge is 0.410 e. The summed E-state index contributed by atoms with van der Waals surface area (Å²) in [7, 11) is 3.68. The molecule has 0 radical (unpaired) electrons. The largest absolute Gasteiger partial charge is 0.441 e. The van der Waals surface area contributed by atoms with Gasteiger partial charge in [-0.15, -0.1) is 0 Å². The standard InChI is InChI=1S/C18H28N4O5/c1-14-12-15(27-19-14)16(23)21-6-4-18(5-7-21)13-22(17(24)26-18)9-8-20(2)10-11-25-3/h12H,4-11,13H2,1-3H3. The lowest BCUT2D eigenvalue weighted by atomic mass is 9.91. The molecule has 0 aromatic carbocycles. The Morgan fingerprint density at radius 2 is 2.11 bits per heavy atom. The minimum absolute atomic E-state index is 0.161. The number of nitrogens with zero attached hydrogens (tertiary/aromatic N) is 4. The lowest BCUT2D eigenvalue weighted by Gasteiger charge is -2.37. The van der Waals surface area contributed by atoms with E-state index in [2.05, 4.69) is 10.1 Å². The number of rotatable bonds is 7. The molecule has 1 spiro atoms. The van der Waals surface area contributed by atoms with Gasteiger partial charge in [0.15, 0.2) is 0 Å². The first-order valence-corrected chi connectivity index (χ1v) is 9.30. The maximum absolute atomic E-state index is 12.5. The van der Waals surface area contributed by atoms with Crippen molar-refractivity contribution in [2.45, 2.75) is 25.4 Å². The van der Waals surface area contributed by atoms with Crippen LogP contribution >= 0.6 is 0 Å². The summed E-state index contributed by atoms with van der Waals surface area (Å²) < 4.78 is 15.9. The monoisotopic (exact) mass is 380 g/mol. The van der Waals surface area contributed by atoms with Gasteiger partial charge in [0, 0.05) is 58.7 Å². The van der Waals surface area contributed by atoms with Gasteiger partial charge in [-0.3, -0.25) is 4.79 Å². The Hall–Kier alpha value is -2.13. The average molecular weight is 380 g/mol. The number of likely N-dealkylation sites (N-methyl/N-ethyl adjacent to an activating group) is 1. The van der Waals surface area contributed by atoms with Crippen LogP contribution in [0.15, 0.2) is 10.6 Å². The lowest BCUT2D eigenvalue weighted by molar-refractivity contribution is 0.00203. The zero-order chi connectivity index (χ0) is 19.4. The maximum atomic E-state index is 12.5. The van der Waals surface area contributed by atoms with Crippen LogP contribution in [0.2, 0.25) is 0 Å². The molecule has 0 bridgehead atoms. The Bertz CT molecular complexity index is 668. The Balaban J connectivity index is 1.49. The number of aryl methyl sites for hydroxylation is 1. The molecule has 3 heterocycles. The third-order valence-electron chi connectivity index (χ3n) is 5.27. The number of amides is 2. The van der Waals surface area contributed by atoms with E-state index in [0.717, 1.165) is 13.1 Å². The molecule has 2 fully saturated rings. The second kappa shape index (κ2) is 8.26. The van der Waals surface area contributed by atoms with Crippen LogP contribution in [0.3, 0.4) is 0 Å². The molecule has 27 heavy (non-hydrogen) atoms. The summed E-state index contributed by atoms with van der Waals surface area (Å²) in [4.78, 5) is 30.4. The minimum atomic E-state index is -0.490. The van der Waals surface area contributed by atoms with Crippen molar-refractivity contribution >= 4 is 12.0 Å². The molecule has 0 atom stereocenters. The van der Waals surface area contributed by atoms with Crippen molar-refractivity contribution in [2.75, 3.05) is 60.0 Å². The highest BCUT2D eigenvalue weighted by atomic mass is 16.6. The SMILES string of the molecule is COCCN(C)CCN1CC2(CCN(C(=O)c3cc(C)no3)CC2)OC1=O. The number of ether oxygens (including phenoxy) is 2. The Labute approximate surface area is 159 Å². The van der Waals surface area contributed by atoms with Crippen molar-refractivity contribution in [1.29, 1.82) is 0 Å². The van der Waals surface area contributed by atoms with E-state index in [-0.39, 0.29) is 17.8 Å². The van der Waals surface area contributed by atoms with Gasteiger partial charge < -0.3 is 28.7 Å². The highest BCUT2D eigenvalue weighted by Gasteiger charge is 2.47. The molecule has 2 saturated heterocycles. The summed E-state index contributed by atoms with van der Waals surface area (Å²) in [6, 6.07) is 1.64. The Morgan fingerprint density at radius 1 is 1.37 bits per heavy atom. The summed E-state index contributed by atoms with van der Waals surface area (Å²) in [6.07, 6.45) is 1.00. The van der Waals surface area contributed by atoms with Gasteiger partial charge in [-0.1, -0.05) is 5.16 Å². The van der Waals surface area contributed by atoms with Crippen molar-refractivity contribution in [1.82, 2.24) is 19.9 Å². The van der Waals surface area contributed by atoms with Crippen LogP contribution in [0.4, 0.5) is 4.79 Å². The van der Waals surface area contributed by atoms with E-state index in [1.54, 1.807) is 29.9 Å². The maximum Gasteiger partial charge on any atom is 0.410 e. The Kier molecular flexibility index (Phi) is 6.01. The summed E-state index contributed by atoms with van der Waals surface area (Å²) >= 11 is 0. The number of likely N-dealkylation sites (tertiary alicyclic amines) is 1. The quantitative estimate of drug-likeness (QED) is 0.697. The molecule has 9 heteroatoms. The van der Waals surface area contributed by atoms with Gasteiger partial charge in [0.25, 0.3) is 5.91 Å². The molecule has 2 aliphatic heterocycles. The topological polar surface area (TPSA) is 88.3 Å². The van der Waals surface area contributed by atoms with Gasteiger partial charge in [-0.25, -0.2) is 4.79 Å². The number of aromatic nitrogens is 1. The van der Waals surface area contributed by atoms with Crippen molar-refractivity contribution in [3.8, 4) is 0 Å². The first-order chi connectivity index (χ1) is 12.9. The van der Waals surface area contributed by atoms with Crippen LogP contribution in [-0.4, -0.2) is 97.5 Å². The van der Waals surface area contributed by atoms with Crippen LogP contribution in [0.5, 0.6) is 0 Å². The van der Waals surface area contributed by atoms with Gasteiger partial charge in [0.2, 0.25) is 5.76 Å². The number of carbonyl (C=O) groups is 2. The molecular weight excluding hydrogens is 352 g/mol. The number of hydrogen-bond donors (Lipinski definition) is 0. The zero-order valence-corrected chi connectivity index (χ0v) is 16.3. The van der Waals surface area contributed by atoms with Crippen LogP contribution in [0.25, 0.3) is 0 Å². The second-order valence-corrected chi connectivity index (χ2v) is 7.39. The second-order valence-electron chi connectivity index (χ2n) is 7.39. The molecule has 3 rings (SSSR count). The zero-order valence-electron chi connectivity index (χ0n) is 16.3. The average Bonchev–Trinajstić information content (AvgIpc) is 3.22. The van der Waals surface area contributed by atoms with E-state index in [1.165, 1.54) is 0 Å². The van der Waals surface area contributed by atoms with Gasteiger partial charge in [-0.05, 0) is 14.0 Å². The molecule has 150 valence electrons. The summed E-state index contributed by atoms with van der Waals surface area (Å²) in [5.41, 5.74) is 0.193. The normalized spacial score (nSPS) is 19.2. The Morgan fingerprint density at radius 3 is 2.74 bits per heavy atom. The van der Waals surface area contributed by atoms with E-state index < -0.39 is 5.60 Å².